The van der Waals surface area contributed by atoms with Crippen LogP contribution in [0.15, 0.2) is 18.3 Å². The quantitative estimate of drug-likeness (QED) is 0.888. The summed E-state index contributed by atoms with van der Waals surface area (Å²) in [6, 6.07) is 4.14. The van der Waals surface area contributed by atoms with Crippen LogP contribution in [0.1, 0.15) is 55.8 Å². The average molecular weight is 260 g/mol. The van der Waals surface area contributed by atoms with Crippen LogP contribution in [0.5, 0.6) is 0 Å². The van der Waals surface area contributed by atoms with Gasteiger partial charge in [0.25, 0.3) is 0 Å². The van der Waals surface area contributed by atoms with E-state index in [4.69, 9.17) is 10.5 Å². The standard InChI is InChI=1S/C16H24N2O/c1-12-5-4-9-18-15(12)14(17)13-6-10-19-16(11-13)7-2-3-8-16/h4-5,9,13-14H,2-3,6-8,10-11,17H2,1H3. The van der Waals surface area contributed by atoms with Gasteiger partial charge in [0.15, 0.2) is 0 Å². The molecule has 1 aromatic rings. The normalized spacial score (nSPS) is 27.6. The summed E-state index contributed by atoms with van der Waals surface area (Å²) in [5.74, 6) is 0.514. The lowest BCUT2D eigenvalue weighted by Crippen LogP contribution is -2.41. The second-order valence-electron chi connectivity index (χ2n) is 6.22. The Balaban J connectivity index is 1.76. The molecule has 19 heavy (non-hydrogen) atoms. The molecule has 104 valence electrons. The number of hydrogen-bond donors (Lipinski definition) is 1. The minimum Gasteiger partial charge on any atom is -0.375 e. The Morgan fingerprint density at radius 1 is 1.42 bits per heavy atom. The number of nitrogens with zero attached hydrogens (tertiary/aromatic N) is 1. The van der Waals surface area contributed by atoms with Gasteiger partial charge in [-0.15, -0.1) is 0 Å². The molecular weight excluding hydrogens is 236 g/mol. The lowest BCUT2D eigenvalue weighted by atomic mass is 9.79. The van der Waals surface area contributed by atoms with Crippen LogP contribution >= 0.6 is 0 Å². The fraction of sp³-hybridized carbons (Fsp3) is 0.688. The van der Waals surface area contributed by atoms with E-state index in [0.717, 1.165) is 25.1 Å². The van der Waals surface area contributed by atoms with Gasteiger partial charge >= 0.3 is 0 Å². The minimum atomic E-state index is 0.0579. The lowest BCUT2D eigenvalue weighted by Gasteiger charge is -2.40. The first kappa shape index (κ1) is 13.1. The average Bonchev–Trinajstić information content (AvgIpc) is 2.86. The van der Waals surface area contributed by atoms with Crippen LogP contribution in [0.25, 0.3) is 0 Å². The number of hydrogen-bond acceptors (Lipinski definition) is 3. The van der Waals surface area contributed by atoms with Gasteiger partial charge in [-0.1, -0.05) is 18.9 Å². The first-order valence-electron chi connectivity index (χ1n) is 7.51. The largest absolute Gasteiger partial charge is 0.375 e. The van der Waals surface area contributed by atoms with Crippen molar-refractivity contribution >= 4 is 0 Å². The smallest absolute Gasteiger partial charge is 0.0686 e. The highest BCUT2D eigenvalue weighted by Crippen LogP contribution is 2.44. The number of rotatable bonds is 2. The van der Waals surface area contributed by atoms with Gasteiger partial charge in [0.2, 0.25) is 0 Å². The summed E-state index contributed by atoms with van der Waals surface area (Å²) in [6.45, 7) is 2.97. The monoisotopic (exact) mass is 260 g/mol. The Hall–Kier alpha value is -0.930. The summed E-state index contributed by atoms with van der Waals surface area (Å²) in [7, 11) is 0. The van der Waals surface area contributed by atoms with Gasteiger partial charge in [-0.05, 0) is 50.2 Å². The van der Waals surface area contributed by atoms with Crippen molar-refractivity contribution in [1.82, 2.24) is 4.98 Å². The van der Waals surface area contributed by atoms with Crippen molar-refractivity contribution in [3.05, 3.63) is 29.6 Å². The molecule has 0 bridgehead atoms. The van der Waals surface area contributed by atoms with Crippen LogP contribution in [0.3, 0.4) is 0 Å². The van der Waals surface area contributed by atoms with E-state index < -0.39 is 0 Å². The molecule has 1 spiro atoms. The fourth-order valence-corrected chi connectivity index (χ4v) is 3.81. The summed E-state index contributed by atoms with van der Waals surface area (Å²) < 4.78 is 6.10. The van der Waals surface area contributed by atoms with Gasteiger partial charge in [-0.25, -0.2) is 0 Å². The summed E-state index contributed by atoms with van der Waals surface area (Å²) >= 11 is 0. The van der Waals surface area contributed by atoms with Gasteiger partial charge in [0, 0.05) is 12.8 Å². The maximum atomic E-state index is 6.50. The molecule has 1 aliphatic carbocycles. The number of ether oxygens (including phenoxy) is 1. The maximum absolute atomic E-state index is 6.50. The van der Waals surface area contributed by atoms with Gasteiger partial charge in [-0.3, -0.25) is 4.98 Å². The summed E-state index contributed by atoms with van der Waals surface area (Å²) in [5.41, 5.74) is 8.93. The lowest BCUT2D eigenvalue weighted by molar-refractivity contribution is -0.0965. The number of pyridine rings is 1. The molecule has 3 heteroatoms. The van der Waals surface area contributed by atoms with Crippen molar-refractivity contribution in [2.75, 3.05) is 6.61 Å². The van der Waals surface area contributed by atoms with Gasteiger partial charge in [-0.2, -0.15) is 0 Å². The van der Waals surface area contributed by atoms with Crippen LogP contribution in [0, 0.1) is 12.8 Å². The highest BCUT2D eigenvalue weighted by Gasteiger charge is 2.41. The second kappa shape index (κ2) is 5.22. The Morgan fingerprint density at radius 3 is 2.95 bits per heavy atom. The molecule has 2 aliphatic rings. The van der Waals surface area contributed by atoms with Gasteiger partial charge < -0.3 is 10.5 Å². The van der Waals surface area contributed by atoms with E-state index in [1.807, 2.05) is 12.3 Å². The van der Waals surface area contributed by atoms with Crippen molar-refractivity contribution in [2.45, 2.75) is 57.1 Å². The van der Waals surface area contributed by atoms with Crippen molar-refractivity contribution < 1.29 is 4.74 Å². The number of aryl methyl sites for hydroxylation is 1. The van der Waals surface area contributed by atoms with Crippen LogP contribution in [-0.2, 0) is 4.74 Å². The molecule has 0 radical (unpaired) electrons. The Bertz CT molecular complexity index is 440. The first-order valence-corrected chi connectivity index (χ1v) is 7.51. The molecule has 2 atom stereocenters. The topological polar surface area (TPSA) is 48.1 Å². The zero-order valence-corrected chi connectivity index (χ0v) is 11.8. The third kappa shape index (κ3) is 2.54. The van der Waals surface area contributed by atoms with Crippen molar-refractivity contribution in [3.8, 4) is 0 Å². The van der Waals surface area contributed by atoms with Crippen LogP contribution in [0.4, 0.5) is 0 Å². The SMILES string of the molecule is Cc1cccnc1C(N)C1CCOC2(CCCC2)C1. The van der Waals surface area contributed by atoms with E-state index in [-0.39, 0.29) is 11.6 Å². The van der Waals surface area contributed by atoms with Crippen molar-refractivity contribution in [1.29, 1.82) is 0 Å². The van der Waals surface area contributed by atoms with Crippen LogP contribution in [0.2, 0.25) is 0 Å². The van der Waals surface area contributed by atoms with E-state index in [2.05, 4.69) is 18.0 Å². The van der Waals surface area contributed by atoms with E-state index in [1.54, 1.807) is 0 Å². The Labute approximate surface area is 115 Å². The zero-order valence-electron chi connectivity index (χ0n) is 11.8. The van der Waals surface area contributed by atoms with Crippen LogP contribution < -0.4 is 5.73 Å². The third-order valence-corrected chi connectivity index (χ3v) is 4.92. The molecule has 1 saturated carbocycles. The number of aromatic nitrogens is 1. The molecule has 1 saturated heterocycles. The molecule has 1 aliphatic heterocycles. The summed E-state index contributed by atoms with van der Waals surface area (Å²) in [5, 5.41) is 0. The molecule has 2 fully saturated rings. The molecule has 2 N–H and O–H groups in total. The molecular formula is C16H24N2O. The van der Waals surface area contributed by atoms with Crippen molar-refractivity contribution in [2.24, 2.45) is 11.7 Å². The third-order valence-electron chi connectivity index (χ3n) is 4.92. The molecule has 3 nitrogen and oxygen atoms in total. The second-order valence-corrected chi connectivity index (χ2v) is 6.22. The molecule has 1 aromatic heterocycles. The highest BCUT2D eigenvalue weighted by atomic mass is 16.5. The summed E-state index contributed by atoms with van der Waals surface area (Å²) in [4.78, 5) is 4.50. The molecule has 0 aromatic carbocycles. The highest BCUT2D eigenvalue weighted by molar-refractivity contribution is 5.21. The Kier molecular flexibility index (Phi) is 3.59. The number of nitrogens with two attached hydrogens (primary N) is 1. The minimum absolute atomic E-state index is 0.0579. The van der Waals surface area contributed by atoms with E-state index in [0.29, 0.717) is 5.92 Å². The molecule has 3 rings (SSSR count). The van der Waals surface area contributed by atoms with E-state index in [1.165, 1.54) is 31.2 Å². The van der Waals surface area contributed by atoms with Gasteiger partial charge in [0.05, 0.1) is 17.3 Å². The Morgan fingerprint density at radius 2 is 2.21 bits per heavy atom. The van der Waals surface area contributed by atoms with Gasteiger partial charge in [0.1, 0.15) is 0 Å². The molecule has 2 unspecified atom stereocenters. The summed E-state index contributed by atoms with van der Waals surface area (Å²) in [6.07, 6.45) is 9.10. The first-order chi connectivity index (χ1) is 9.20. The molecule has 2 heterocycles. The zero-order chi connectivity index (χ0) is 13.3. The van der Waals surface area contributed by atoms with Crippen LogP contribution in [-0.4, -0.2) is 17.2 Å². The van der Waals surface area contributed by atoms with E-state index in [9.17, 15) is 0 Å². The van der Waals surface area contributed by atoms with E-state index >= 15 is 0 Å². The maximum Gasteiger partial charge on any atom is 0.0686 e. The fourth-order valence-electron chi connectivity index (χ4n) is 3.81. The van der Waals surface area contributed by atoms with Crippen molar-refractivity contribution in [3.63, 3.8) is 0 Å². The molecule has 0 amide bonds. The predicted molar refractivity (Wildman–Crippen MR) is 75.8 cm³/mol. The predicted octanol–water partition coefficient (Wildman–Crippen LogP) is 3.13.